The van der Waals surface area contributed by atoms with Crippen molar-refractivity contribution in [2.45, 2.75) is 24.8 Å². The Kier molecular flexibility index (Phi) is 8.63. The summed E-state index contributed by atoms with van der Waals surface area (Å²) >= 11 is 1.21. The number of esters is 1. The Hall–Kier alpha value is -2.55. The first-order valence-electron chi connectivity index (χ1n) is 7.90. The van der Waals surface area contributed by atoms with Gasteiger partial charge in [0, 0.05) is 25.0 Å². The molecule has 142 valence electrons. The number of hydrogen-bond acceptors (Lipinski definition) is 6. The number of hydrogen-bond donors (Lipinski definition) is 2. The van der Waals surface area contributed by atoms with Crippen molar-refractivity contribution in [1.29, 1.82) is 0 Å². The minimum atomic E-state index is -0.732. The first kappa shape index (κ1) is 21.5. The Bertz CT molecular complexity index is 676. The van der Waals surface area contributed by atoms with E-state index in [9.17, 15) is 19.2 Å². The van der Waals surface area contributed by atoms with Crippen LogP contribution in [0.25, 0.3) is 0 Å². The fourth-order valence-electron chi connectivity index (χ4n) is 1.70. The van der Waals surface area contributed by atoms with E-state index in [2.05, 4.69) is 10.6 Å². The van der Waals surface area contributed by atoms with Crippen LogP contribution in [0.1, 0.15) is 24.2 Å². The van der Waals surface area contributed by atoms with Crippen molar-refractivity contribution in [3.05, 3.63) is 29.8 Å². The molecule has 0 unspecified atom stereocenters. The molecule has 8 nitrogen and oxygen atoms in total. The van der Waals surface area contributed by atoms with Crippen LogP contribution in [-0.4, -0.2) is 61.2 Å². The molecule has 0 spiro atoms. The van der Waals surface area contributed by atoms with Crippen molar-refractivity contribution in [1.82, 2.24) is 15.5 Å². The van der Waals surface area contributed by atoms with Crippen LogP contribution in [0, 0.1) is 0 Å². The van der Waals surface area contributed by atoms with Crippen molar-refractivity contribution in [2.75, 3.05) is 26.5 Å². The van der Waals surface area contributed by atoms with Gasteiger partial charge in [-0.1, -0.05) is 12.1 Å². The average molecular weight is 381 g/mol. The Labute approximate surface area is 156 Å². The third-order valence-corrected chi connectivity index (χ3v) is 4.02. The number of imide groups is 1. The lowest BCUT2D eigenvalue weighted by molar-refractivity contribution is -0.126. The zero-order chi connectivity index (χ0) is 19.7. The van der Waals surface area contributed by atoms with Gasteiger partial charge in [0.25, 0.3) is 5.91 Å². The monoisotopic (exact) mass is 381 g/mol. The maximum atomic E-state index is 12.2. The summed E-state index contributed by atoms with van der Waals surface area (Å²) in [4.78, 5) is 49.0. The molecule has 9 heteroatoms. The fraction of sp³-hybridized carbons (Fsp3) is 0.412. The summed E-state index contributed by atoms with van der Waals surface area (Å²) < 4.78 is 4.95. The van der Waals surface area contributed by atoms with E-state index in [1.807, 2.05) is 0 Å². The normalized spacial score (nSPS) is 10.2. The van der Waals surface area contributed by atoms with Crippen LogP contribution in [0.3, 0.4) is 0 Å². The van der Waals surface area contributed by atoms with Gasteiger partial charge >= 0.3 is 12.0 Å². The number of carbonyl (C=O) groups excluding carboxylic acids is 4. The average Bonchev–Trinajstić information content (AvgIpc) is 2.56. The number of amides is 4. The molecule has 0 bridgehead atoms. The maximum Gasteiger partial charge on any atom is 0.339 e. The molecule has 1 rings (SSSR count). The molecule has 0 aromatic heterocycles. The van der Waals surface area contributed by atoms with E-state index in [1.165, 1.54) is 16.7 Å². The summed E-state index contributed by atoms with van der Waals surface area (Å²) in [6.45, 7) is 2.92. The van der Waals surface area contributed by atoms with Crippen LogP contribution in [0.4, 0.5) is 4.79 Å². The standard InChI is InChI=1S/C17H23N3O5S/c1-11(2)18-17(24)19-14(21)9-25-16(23)12-7-5-6-8-13(12)26-10-15(22)20(3)4/h5-8,11H,9-10H2,1-4H3,(H2,18,19,21,24). The molecule has 0 saturated heterocycles. The predicted octanol–water partition coefficient (Wildman–Crippen LogP) is 1.26. The van der Waals surface area contributed by atoms with Gasteiger partial charge in [0.15, 0.2) is 6.61 Å². The molecule has 0 heterocycles. The lowest BCUT2D eigenvalue weighted by Gasteiger charge is -2.12. The molecule has 1 aromatic carbocycles. The molecule has 0 atom stereocenters. The van der Waals surface area contributed by atoms with Crippen LogP contribution < -0.4 is 10.6 Å². The minimum absolute atomic E-state index is 0.0892. The second-order valence-corrected chi connectivity index (χ2v) is 6.84. The second kappa shape index (κ2) is 10.4. The second-order valence-electron chi connectivity index (χ2n) is 5.83. The molecule has 26 heavy (non-hydrogen) atoms. The van der Waals surface area contributed by atoms with Crippen molar-refractivity contribution in [3.8, 4) is 0 Å². The Balaban J connectivity index is 2.60. The molecule has 0 radical (unpaired) electrons. The number of benzene rings is 1. The van der Waals surface area contributed by atoms with Crippen molar-refractivity contribution in [3.63, 3.8) is 0 Å². The summed E-state index contributed by atoms with van der Waals surface area (Å²) in [7, 11) is 3.30. The smallest absolute Gasteiger partial charge is 0.339 e. The molecule has 0 aliphatic rings. The van der Waals surface area contributed by atoms with Gasteiger partial charge in [0.05, 0.1) is 11.3 Å². The molecule has 4 amide bonds. The number of carbonyl (C=O) groups is 4. The number of urea groups is 1. The number of nitrogens with one attached hydrogen (secondary N) is 2. The number of thioether (sulfide) groups is 1. The van der Waals surface area contributed by atoms with Gasteiger partial charge in [0.2, 0.25) is 5.91 Å². The molecule has 2 N–H and O–H groups in total. The largest absolute Gasteiger partial charge is 0.452 e. The Morgan fingerprint density at radius 2 is 1.81 bits per heavy atom. The van der Waals surface area contributed by atoms with E-state index in [1.54, 1.807) is 52.2 Å². The summed E-state index contributed by atoms with van der Waals surface area (Å²) in [6, 6.07) is 5.86. The predicted molar refractivity (Wildman–Crippen MR) is 98.0 cm³/mol. The van der Waals surface area contributed by atoms with Gasteiger partial charge < -0.3 is 15.0 Å². The Morgan fingerprint density at radius 3 is 2.42 bits per heavy atom. The molecule has 0 saturated carbocycles. The molecular weight excluding hydrogens is 358 g/mol. The zero-order valence-corrected chi connectivity index (χ0v) is 16.0. The first-order valence-corrected chi connectivity index (χ1v) is 8.88. The third kappa shape index (κ3) is 7.56. The van der Waals surface area contributed by atoms with Gasteiger partial charge in [-0.3, -0.25) is 14.9 Å². The highest BCUT2D eigenvalue weighted by Crippen LogP contribution is 2.23. The Morgan fingerprint density at radius 1 is 1.15 bits per heavy atom. The molecule has 1 aromatic rings. The lowest BCUT2D eigenvalue weighted by atomic mass is 10.2. The number of rotatable bonds is 7. The van der Waals surface area contributed by atoms with E-state index in [4.69, 9.17) is 4.74 Å². The number of nitrogens with zero attached hydrogens (tertiary/aromatic N) is 1. The molecule has 0 aliphatic carbocycles. The summed E-state index contributed by atoms with van der Waals surface area (Å²) in [6.07, 6.45) is 0. The van der Waals surface area contributed by atoms with E-state index in [0.29, 0.717) is 4.90 Å². The van der Waals surface area contributed by atoms with Crippen LogP contribution in [-0.2, 0) is 14.3 Å². The van der Waals surface area contributed by atoms with Crippen molar-refractivity contribution >= 4 is 35.6 Å². The van der Waals surface area contributed by atoms with E-state index in [-0.39, 0.29) is 23.3 Å². The minimum Gasteiger partial charge on any atom is -0.452 e. The fourth-order valence-corrected chi connectivity index (χ4v) is 2.72. The van der Waals surface area contributed by atoms with Crippen molar-refractivity contribution < 1.29 is 23.9 Å². The topological polar surface area (TPSA) is 105 Å². The van der Waals surface area contributed by atoms with Gasteiger partial charge in [-0.15, -0.1) is 11.8 Å². The van der Waals surface area contributed by atoms with E-state index in [0.717, 1.165) is 0 Å². The molecule has 0 fully saturated rings. The summed E-state index contributed by atoms with van der Waals surface area (Å²) in [5.74, 6) is -1.35. The van der Waals surface area contributed by atoms with Gasteiger partial charge in [0.1, 0.15) is 0 Å². The maximum absolute atomic E-state index is 12.2. The first-order chi connectivity index (χ1) is 12.2. The van der Waals surface area contributed by atoms with Gasteiger partial charge in [-0.25, -0.2) is 9.59 Å². The van der Waals surface area contributed by atoms with E-state index < -0.39 is 24.5 Å². The third-order valence-electron chi connectivity index (χ3n) is 2.96. The lowest BCUT2D eigenvalue weighted by Crippen LogP contribution is -2.44. The van der Waals surface area contributed by atoms with E-state index >= 15 is 0 Å². The highest BCUT2D eigenvalue weighted by Gasteiger charge is 2.17. The van der Waals surface area contributed by atoms with Crippen LogP contribution in [0.5, 0.6) is 0 Å². The summed E-state index contributed by atoms with van der Waals surface area (Å²) in [5.41, 5.74) is 0.253. The van der Waals surface area contributed by atoms with Crippen LogP contribution >= 0.6 is 11.8 Å². The zero-order valence-electron chi connectivity index (χ0n) is 15.2. The van der Waals surface area contributed by atoms with Gasteiger partial charge in [-0.05, 0) is 26.0 Å². The SMILES string of the molecule is CC(C)NC(=O)NC(=O)COC(=O)c1ccccc1SCC(=O)N(C)C. The molecular formula is C17H23N3O5S. The highest BCUT2D eigenvalue weighted by atomic mass is 32.2. The van der Waals surface area contributed by atoms with Crippen molar-refractivity contribution in [2.24, 2.45) is 0 Å². The summed E-state index contributed by atoms with van der Waals surface area (Å²) in [5, 5.41) is 4.55. The van der Waals surface area contributed by atoms with Gasteiger partial charge in [-0.2, -0.15) is 0 Å². The van der Waals surface area contributed by atoms with Crippen LogP contribution in [0.15, 0.2) is 29.2 Å². The van der Waals surface area contributed by atoms with Crippen LogP contribution in [0.2, 0.25) is 0 Å². The quantitative estimate of drug-likeness (QED) is 0.544. The number of ether oxygens (including phenoxy) is 1. The highest BCUT2D eigenvalue weighted by molar-refractivity contribution is 8.00. The molecule has 0 aliphatic heterocycles.